The average Bonchev–Trinajstić information content (AvgIpc) is 3.52. The predicted octanol–water partition coefficient (Wildman–Crippen LogP) is 4.03. The lowest BCUT2D eigenvalue weighted by Crippen LogP contribution is -2.77. The number of aromatic nitrogens is 3. The topological polar surface area (TPSA) is 199 Å². The molecule has 9 rings (SSSR count). The number of hydrogen-bond donors (Lipinski definition) is 1. The quantitative estimate of drug-likeness (QED) is 0.237. The summed E-state index contributed by atoms with van der Waals surface area (Å²) in [5.74, 6) is -0.783. The van der Waals surface area contributed by atoms with E-state index in [2.05, 4.69) is 35.7 Å². The van der Waals surface area contributed by atoms with Crippen LogP contribution in [-0.4, -0.2) is 123 Å². The molecule has 4 aromatic rings. The van der Waals surface area contributed by atoms with Gasteiger partial charge in [-0.3, -0.25) is 43.7 Å². The van der Waals surface area contributed by atoms with Gasteiger partial charge in [-0.1, -0.05) is 27.7 Å². The number of nitrogens with zero attached hydrogens (tertiary/aromatic N) is 9. The molecule has 320 valence electrons. The first-order chi connectivity index (χ1) is 29.7. The van der Waals surface area contributed by atoms with Gasteiger partial charge in [-0.2, -0.15) is 5.26 Å². The standard InChI is InChI=1S/C46H50N10O6/c1-45(2)42(46(3,4)43(45)62-35-11-7-28(23-47)37-32(35)6-5-15-49-37)56-36(57)12-10-34(41(56)61)55-39(59)31-9-8-30(22-33(31)40(55)60)53-20-18-52(19-21-53)26-27-13-16-54(17-14-27)44-50-24-29(25-51-44)38(48)58/h5-9,11,15,22,24-25,27,34,42-43H,10,12-14,16-21,26H2,1-4H3,(H2,48,58). The molecule has 2 aromatic heterocycles. The number of rotatable bonds is 9. The molecule has 16 nitrogen and oxygen atoms in total. The van der Waals surface area contributed by atoms with Gasteiger partial charge < -0.3 is 20.3 Å². The first kappa shape index (κ1) is 40.9. The third-order valence-corrected chi connectivity index (χ3v) is 13.8. The maximum absolute atomic E-state index is 14.5. The Balaban J connectivity index is 0.834. The third-order valence-electron chi connectivity index (χ3n) is 13.8. The lowest BCUT2D eigenvalue weighted by molar-refractivity contribution is -0.215. The van der Waals surface area contributed by atoms with Gasteiger partial charge >= 0.3 is 0 Å². The maximum Gasteiger partial charge on any atom is 0.262 e. The molecular weight excluding hydrogens is 789 g/mol. The summed E-state index contributed by atoms with van der Waals surface area (Å²) in [5, 5.41) is 10.3. The molecule has 6 heterocycles. The summed E-state index contributed by atoms with van der Waals surface area (Å²) in [7, 11) is 0. The number of hydrogen-bond acceptors (Lipinski definition) is 13. The van der Waals surface area contributed by atoms with Crippen LogP contribution in [0.1, 0.15) is 90.0 Å². The van der Waals surface area contributed by atoms with Crippen LogP contribution in [0.3, 0.4) is 0 Å². The molecule has 0 radical (unpaired) electrons. The fourth-order valence-electron chi connectivity index (χ4n) is 11.1. The molecule has 1 atom stereocenters. The fourth-order valence-corrected chi connectivity index (χ4v) is 11.1. The Hall–Kier alpha value is -6.47. The molecule has 0 bridgehead atoms. The zero-order valence-corrected chi connectivity index (χ0v) is 35.4. The number of ether oxygens (including phenoxy) is 1. The highest BCUT2D eigenvalue weighted by Crippen LogP contribution is 2.59. The Morgan fingerprint density at radius 3 is 2.21 bits per heavy atom. The highest BCUT2D eigenvalue weighted by Gasteiger charge is 2.68. The smallest absolute Gasteiger partial charge is 0.262 e. The van der Waals surface area contributed by atoms with Crippen molar-refractivity contribution in [2.75, 3.05) is 55.6 Å². The number of amides is 5. The predicted molar refractivity (Wildman–Crippen MR) is 228 cm³/mol. The van der Waals surface area contributed by atoms with E-state index in [1.54, 1.807) is 36.5 Å². The molecule has 16 heteroatoms. The maximum atomic E-state index is 14.5. The number of likely N-dealkylation sites (tertiary alicyclic amines) is 1. The van der Waals surface area contributed by atoms with Crippen LogP contribution in [0, 0.1) is 28.1 Å². The minimum absolute atomic E-state index is 0.0131. The van der Waals surface area contributed by atoms with Crippen LogP contribution in [0.2, 0.25) is 0 Å². The summed E-state index contributed by atoms with van der Waals surface area (Å²) < 4.78 is 6.68. The minimum Gasteiger partial charge on any atom is -0.488 e. The number of imide groups is 2. The number of piperazine rings is 1. The second-order valence-electron chi connectivity index (χ2n) is 18.4. The van der Waals surface area contributed by atoms with Crippen molar-refractivity contribution in [2.24, 2.45) is 22.5 Å². The van der Waals surface area contributed by atoms with Crippen LogP contribution in [0.25, 0.3) is 10.9 Å². The summed E-state index contributed by atoms with van der Waals surface area (Å²) in [6.45, 7) is 13.7. The van der Waals surface area contributed by atoms with Crippen LogP contribution in [-0.2, 0) is 9.59 Å². The number of carbonyl (C=O) groups is 5. The van der Waals surface area contributed by atoms with E-state index in [9.17, 15) is 29.2 Å². The van der Waals surface area contributed by atoms with Gasteiger partial charge in [0.25, 0.3) is 23.6 Å². The van der Waals surface area contributed by atoms with Crippen molar-refractivity contribution < 1.29 is 28.7 Å². The first-order valence-electron chi connectivity index (χ1n) is 21.4. The monoisotopic (exact) mass is 838 g/mol. The first-order valence-corrected chi connectivity index (χ1v) is 21.4. The molecule has 5 amide bonds. The Labute approximate surface area is 359 Å². The van der Waals surface area contributed by atoms with Gasteiger partial charge in [0.15, 0.2) is 0 Å². The van der Waals surface area contributed by atoms with E-state index < -0.39 is 52.6 Å². The van der Waals surface area contributed by atoms with Crippen molar-refractivity contribution >= 4 is 52.1 Å². The number of piperidine rings is 2. The van der Waals surface area contributed by atoms with E-state index in [1.807, 2.05) is 39.8 Å². The van der Waals surface area contributed by atoms with Crippen LogP contribution in [0.5, 0.6) is 5.75 Å². The average molecular weight is 839 g/mol. The van der Waals surface area contributed by atoms with Crippen molar-refractivity contribution in [1.82, 2.24) is 29.7 Å². The summed E-state index contributed by atoms with van der Waals surface area (Å²) >= 11 is 0. The van der Waals surface area contributed by atoms with Crippen molar-refractivity contribution in [3.05, 3.63) is 83.3 Å². The van der Waals surface area contributed by atoms with E-state index in [-0.39, 0.29) is 29.9 Å². The van der Waals surface area contributed by atoms with Gasteiger partial charge in [0.1, 0.15) is 24.0 Å². The van der Waals surface area contributed by atoms with Crippen LogP contribution in [0.4, 0.5) is 11.6 Å². The Bertz CT molecular complexity index is 2520. The summed E-state index contributed by atoms with van der Waals surface area (Å²) in [6, 6.07) is 12.9. The molecule has 1 aliphatic carbocycles. The molecule has 4 fully saturated rings. The van der Waals surface area contributed by atoms with E-state index >= 15 is 0 Å². The van der Waals surface area contributed by atoms with Gasteiger partial charge in [-0.25, -0.2) is 9.97 Å². The van der Waals surface area contributed by atoms with Gasteiger partial charge in [-0.15, -0.1) is 0 Å². The van der Waals surface area contributed by atoms with Crippen LogP contribution >= 0.6 is 0 Å². The molecule has 2 N–H and O–H groups in total. The van der Waals surface area contributed by atoms with E-state index in [1.165, 1.54) is 17.3 Å². The second kappa shape index (κ2) is 15.5. The van der Waals surface area contributed by atoms with Crippen molar-refractivity contribution in [1.29, 1.82) is 5.26 Å². The van der Waals surface area contributed by atoms with E-state index in [4.69, 9.17) is 10.5 Å². The molecule has 5 aliphatic rings. The number of benzene rings is 2. The zero-order valence-electron chi connectivity index (χ0n) is 35.4. The summed E-state index contributed by atoms with van der Waals surface area (Å²) in [4.78, 5) is 90.1. The minimum atomic E-state index is -1.12. The number of primary amides is 1. The molecule has 1 saturated carbocycles. The number of carbonyl (C=O) groups excluding carboxylic acids is 5. The summed E-state index contributed by atoms with van der Waals surface area (Å²) in [6.07, 6.45) is 6.22. The Kier molecular flexibility index (Phi) is 10.2. The van der Waals surface area contributed by atoms with Gasteiger partial charge in [0.2, 0.25) is 11.9 Å². The lowest BCUT2D eigenvalue weighted by atomic mass is 9.48. The number of fused-ring (bicyclic) bond motifs is 2. The zero-order chi connectivity index (χ0) is 43.7. The number of nitriles is 1. The van der Waals surface area contributed by atoms with Gasteiger partial charge in [-0.05, 0) is 67.6 Å². The number of anilines is 2. The highest BCUT2D eigenvalue weighted by molar-refractivity contribution is 6.23. The highest BCUT2D eigenvalue weighted by atomic mass is 16.5. The summed E-state index contributed by atoms with van der Waals surface area (Å²) in [5.41, 5.74) is 6.54. The van der Waals surface area contributed by atoms with Crippen LogP contribution in [0.15, 0.2) is 61.1 Å². The molecular formula is C46H50N10O6. The molecule has 2 aromatic carbocycles. The Morgan fingerprint density at radius 1 is 0.839 bits per heavy atom. The number of nitrogens with two attached hydrogens (primary N) is 1. The fraction of sp³-hybridized carbons (Fsp3) is 0.457. The Morgan fingerprint density at radius 2 is 1.53 bits per heavy atom. The molecule has 3 saturated heterocycles. The van der Waals surface area contributed by atoms with Crippen LogP contribution < -0.4 is 20.3 Å². The van der Waals surface area contributed by atoms with E-state index in [0.717, 1.165) is 69.2 Å². The molecule has 0 spiro atoms. The SMILES string of the molecule is CC1(C)C(Oc2ccc(C#N)c3ncccc23)C(C)(C)C1N1C(=O)CCC(N2C(=O)c3ccc(N4CCN(CC5CCN(c6ncc(C(N)=O)cn6)CC5)CC4)cc3C2=O)C1=O. The normalized spacial score (nSPS) is 24.0. The second-order valence-corrected chi connectivity index (χ2v) is 18.4. The van der Waals surface area contributed by atoms with Gasteiger partial charge in [0, 0.05) is 92.7 Å². The van der Waals surface area contributed by atoms with Crippen molar-refractivity contribution in [2.45, 2.75) is 71.6 Å². The molecule has 4 aliphatic heterocycles. The van der Waals surface area contributed by atoms with E-state index in [0.29, 0.717) is 39.6 Å². The molecule has 62 heavy (non-hydrogen) atoms. The van der Waals surface area contributed by atoms with Gasteiger partial charge in [0.05, 0.1) is 33.8 Å². The lowest BCUT2D eigenvalue weighted by Gasteiger charge is -2.66. The van der Waals surface area contributed by atoms with Crippen molar-refractivity contribution in [3.8, 4) is 11.8 Å². The largest absolute Gasteiger partial charge is 0.488 e. The van der Waals surface area contributed by atoms with Crippen molar-refractivity contribution in [3.63, 3.8) is 0 Å². The molecule has 1 unspecified atom stereocenters. The number of pyridine rings is 1. The third kappa shape index (κ3) is 6.79.